The van der Waals surface area contributed by atoms with E-state index in [0.717, 1.165) is 0 Å². The molecule has 1 aromatic rings. The van der Waals surface area contributed by atoms with Crippen LogP contribution in [0, 0.1) is 0 Å². The van der Waals surface area contributed by atoms with Crippen molar-refractivity contribution in [2.24, 2.45) is 0 Å². The lowest BCUT2D eigenvalue weighted by molar-refractivity contribution is -0.125. The summed E-state index contributed by atoms with van der Waals surface area (Å²) in [5, 5.41) is 0.0886. The lowest BCUT2D eigenvalue weighted by Crippen LogP contribution is -2.36. The Labute approximate surface area is 118 Å². The van der Waals surface area contributed by atoms with Crippen LogP contribution < -0.4 is 0 Å². The molecular formula is C12H18N4O3S. The van der Waals surface area contributed by atoms with Crippen LogP contribution in [0.4, 0.5) is 0 Å². The van der Waals surface area contributed by atoms with E-state index in [9.17, 15) is 13.2 Å². The number of imidazole rings is 1. The number of hydrogen-bond donors (Lipinski definition) is 1. The van der Waals surface area contributed by atoms with E-state index < -0.39 is 10.0 Å². The number of H-pyrrole nitrogens is 1. The van der Waals surface area contributed by atoms with Gasteiger partial charge in [-0.25, -0.2) is 13.4 Å². The van der Waals surface area contributed by atoms with Gasteiger partial charge in [-0.3, -0.25) is 4.79 Å². The molecule has 7 nitrogen and oxygen atoms in total. The molecule has 0 radical (unpaired) electrons. The average molecular weight is 298 g/mol. The molecule has 0 aliphatic carbocycles. The second-order valence-corrected chi connectivity index (χ2v) is 6.41. The van der Waals surface area contributed by atoms with Gasteiger partial charge in [-0.2, -0.15) is 4.31 Å². The van der Waals surface area contributed by atoms with Crippen molar-refractivity contribution in [2.75, 3.05) is 26.2 Å². The highest BCUT2D eigenvalue weighted by Gasteiger charge is 2.28. The zero-order valence-corrected chi connectivity index (χ0v) is 12.1. The maximum atomic E-state index is 12.3. The summed E-state index contributed by atoms with van der Waals surface area (Å²) in [5.41, 5.74) is 0. The van der Waals surface area contributed by atoms with Gasteiger partial charge in [-0.05, 0) is 19.4 Å². The first-order valence-electron chi connectivity index (χ1n) is 6.46. The van der Waals surface area contributed by atoms with Gasteiger partial charge in [0.2, 0.25) is 5.91 Å². The molecule has 8 heteroatoms. The lowest BCUT2D eigenvalue weighted by atomic mass is 10.3. The van der Waals surface area contributed by atoms with E-state index in [0.29, 0.717) is 32.6 Å². The molecule has 20 heavy (non-hydrogen) atoms. The van der Waals surface area contributed by atoms with Crippen LogP contribution in [0.2, 0.25) is 0 Å². The minimum absolute atomic E-state index is 0.0757. The Morgan fingerprint density at radius 2 is 2.15 bits per heavy atom. The van der Waals surface area contributed by atoms with Crippen molar-refractivity contribution < 1.29 is 13.2 Å². The highest BCUT2D eigenvalue weighted by Crippen LogP contribution is 2.15. The summed E-state index contributed by atoms with van der Waals surface area (Å²) in [6.07, 6.45) is 6.44. The maximum Gasteiger partial charge on any atom is 0.260 e. The molecule has 1 amide bonds. The fourth-order valence-corrected chi connectivity index (χ4v) is 3.49. The Kier molecular flexibility index (Phi) is 4.56. The summed E-state index contributed by atoms with van der Waals surface area (Å²) >= 11 is 0. The first kappa shape index (κ1) is 14.7. The standard InChI is InChI=1S/C12H18N4O3S/c1-2-4-12(17)15-5-3-6-16(8-7-15)20(18,19)11-9-13-10-14-11/h2,4,9-10H,3,5-8H2,1H3,(H,13,14). The molecule has 110 valence electrons. The maximum absolute atomic E-state index is 12.3. The molecule has 0 atom stereocenters. The van der Waals surface area contributed by atoms with Crippen molar-refractivity contribution in [2.45, 2.75) is 18.4 Å². The topological polar surface area (TPSA) is 86.4 Å². The van der Waals surface area contributed by atoms with Crippen LogP contribution in [-0.4, -0.2) is 59.7 Å². The molecular weight excluding hydrogens is 280 g/mol. The first-order chi connectivity index (χ1) is 9.55. The van der Waals surface area contributed by atoms with Crippen molar-refractivity contribution >= 4 is 15.9 Å². The van der Waals surface area contributed by atoms with Crippen LogP contribution >= 0.6 is 0 Å². The van der Waals surface area contributed by atoms with Gasteiger partial charge in [-0.15, -0.1) is 0 Å². The molecule has 0 spiro atoms. The summed E-state index contributed by atoms with van der Waals surface area (Å²) < 4.78 is 26.1. The molecule has 1 aliphatic heterocycles. The third kappa shape index (κ3) is 3.07. The highest BCUT2D eigenvalue weighted by atomic mass is 32.2. The number of rotatable bonds is 3. The van der Waals surface area contributed by atoms with E-state index in [1.165, 1.54) is 22.9 Å². The van der Waals surface area contributed by atoms with E-state index >= 15 is 0 Å². The predicted octanol–water partition coefficient (Wildman–Crippen LogP) is 0.209. The van der Waals surface area contributed by atoms with Crippen LogP contribution in [0.3, 0.4) is 0 Å². The van der Waals surface area contributed by atoms with Crippen molar-refractivity contribution in [1.29, 1.82) is 0 Å². The number of amides is 1. The smallest absolute Gasteiger partial charge is 0.260 e. The van der Waals surface area contributed by atoms with Crippen LogP contribution in [-0.2, 0) is 14.8 Å². The molecule has 1 N–H and O–H groups in total. The van der Waals surface area contributed by atoms with Gasteiger partial charge >= 0.3 is 0 Å². The summed E-state index contributed by atoms with van der Waals surface area (Å²) in [6, 6.07) is 0. The molecule has 0 saturated carbocycles. The van der Waals surface area contributed by atoms with Crippen molar-refractivity contribution in [3.63, 3.8) is 0 Å². The monoisotopic (exact) mass is 298 g/mol. The second-order valence-electron chi connectivity index (χ2n) is 4.50. The summed E-state index contributed by atoms with van der Waals surface area (Å²) in [7, 11) is -3.54. The molecule has 1 saturated heterocycles. The molecule has 0 unspecified atom stereocenters. The van der Waals surface area contributed by atoms with Crippen molar-refractivity contribution in [1.82, 2.24) is 19.2 Å². The van der Waals surface area contributed by atoms with E-state index in [1.54, 1.807) is 17.9 Å². The number of carbonyl (C=O) groups is 1. The quantitative estimate of drug-likeness (QED) is 0.808. The molecule has 1 aromatic heterocycles. The van der Waals surface area contributed by atoms with Crippen LogP contribution in [0.1, 0.15) is 13.3 Å². The third-order valence-electron chi connectivity index (χ3n) is 3.17. The number of carbonyl (C=O) groups excluding carboxylic acids is 1. The predicted molar refractivity (Wildman–Crippen MR) is 73.4 cm³/mol. The molecule has 0 bridgehead atoms. The minimum Gasteiger partial charge on any atom is -0.338 e. The number of nitrogens with one attached hydrogen (secondary N) is 1. The molecule has 2 heterocycles. The number of hydrogen-bond acceptors (Lipinski definition) is 4. The van der Waals surface area contributed by atoms with E-state index in [-0.39, 0.29) is 10.9 Å². The van der Waals surface area contributed by atoms with Crippen LogP contribution in [0.5, 0.6) is 0 Å². The SMILES string of the molecule is CC=CC(=O)N1CCCN(S(=O)(=O)c2cnc[nH]2)CC1. The largest absolute Gasteiger partial charge is 0.338 e. The molecule has 2 rings (SSSR count). The van der Waals surface area contributed by atoms with Gasteiger partial charge in [0.1, 0.15) is 0 Å². The van der Waals surface area contributed by atoms with Crippen molar-refractivity contribution in [3.05, 3.63) is 24.7 Å². The Morgan fingerprint density at radius 3 is 2.80 bits per heavy atom. The highest BCUT2D eigenvalue weighted by molar-refractivity contribution is 7.89. The number of aromatic nitrogens is 2. The fourth-order valence-electron chi connectivity index (χ4n) is 2.13. The summed E-state index contributed by atoms with van der Waals surface area (Å²) in [4.78, 5) is 19.8. The molecule has 1 fully saturated rings. The minimum atomic E-state index is -3.54. The fraction of sp³-hybridized carbons (Fsp3) is 0.500. The second kappa shape index (κ2) is 6.19. The first-order valence-corrected chi connectivity index (χ1v) is 7.90. The zero-order chi connectivity index (χ0) is 14.6. The van der Waals surface area contributed by atoms with Gasteiger partial charge in [0, 0.05) is 26.2 Å². The lowest BCUT2D eigenvalue weighted by Gasteiger charge is -2.20. The van der Waals surface area contributed by atoms with Crippen LogP contribution in [0.25, 0.3) is 0 Å². The van der Waals surface area contributed by atoms with E-state index in [4.69, 9.17) is 0 Å². The summed E-state index contributed by atoms with van der Waals surface area (Å²) in [5.74, 6) is -0.0757. The van der Waals surface area contributed by atoms with Crippen LogP contribution in [0.15, 0.2) is 29.7 Å². The van der Waals surface area contributed by atoms with E-state index in [1.807, 2.05) is 0 Å². The summed E-state index contributed by atoms with van der Waals surface area (Å²) in [6.45, 7) is 3.45. The number of nitrogens with zero attached hydrogens (tertiary/aromatic N) is 3. The number of sulfonamides is 1. The van der Waals surface area contributed by atoms with E-state index in [2.05, 4.69) is 9.97 Å². The molecule has 1 aliphatic rings. The normalized spacial score (nSPS) is 18.4. The third-order valence-corrected chi connectivity index (χ3v) is 4.99. The average Bonchev–Trinajstić information content (AvgIpc) is 2.84. The zero-order valence-electron chi connectivity index (χ0n) is 11.3. The Bertz CT molecular complexity index is 580. The van der Waals surface area contributed by atoms with Gasteiger partial charge in [-0.1, -0.05) is 6.08 Å². The van der Waals surface area contributed by atoms with Gasteiger partial charge in [0.15, 0.2) is 5.03 Å². The van der Waals surface area contributed by atoms with Crippen molar-refractivity contribution in [3.8, 4) is 0 Å². The van der Waals surface area contributed by atoms with Gasteiger partial charge < -0.3 is 9.88 Å². The Hall–Kier alpha value is -1.67. The molecule has 0 aromatic carbocycles. The van der Waals surface area contributed by atoms with Gasteiger partial charge in [0.05, 0.1) is 12.5 Å². The Morgan fingerprint density at radius 1 is 1.35 bits per heavy atom. The number of allylic oxidation sites excluding steroid dienone is 1. The number of aromatic amines is 1. The van der Waals surface area contributed by atoms with Gasteiger partial charge in [0.25, 0.3) is 10.0 Å². The Balaban J connectivity index is 2.08.